The Balaban J connectivity index is 2.02. The number of hydrogen-bond acceptors (Lipinski definition) is 6. The van der Waals surface area contributed by atoms with Crippen LogP contribution in [0.2, 0.25) is 0 Å². The molecule has 0 spiro atoms. The van der Waals surface area contributed by atoms with Crippen molar-refractivity contribution in [1.82, 2.24) is 4.90 Å². The maximum Gasteiger partial charge on any atom is 0.187 e. The number of thioether (sulfide) groups is 1. The summed E-state index contributed by atoms with van der Waals surface area (Å²) in [5.41, 5.74) is -2.83. The van der Waals surface area contributed by atoms with Gasteiger partial charge in [0.05, 0.1) is 24.2 Å². The Morgan fingerprint density at radius 2 is 1.65 bits per heavy atom. The number of hydrogen-bond donors (Lipinski definition) is 1. The summed E-state index contributed by atoms with van der Waals surface area (Å²) >= 11 is 1.62. The topological polar surface area (TPSA) is 66.8 Å². The lowest BCUT2D eigenvalue weighted by atomic mass is 9.53. The molecule has 1 saturated heterocycles. The van der Waals surface area contributed by atoms with Gasteiger partial charge in [-0.15, -0.1) is 11.8 Å². The van der Waals surface area contributed by atoms with Crippen LogP contribution in [0.4, 0.5) is 0 Å². The van der Waals surface area contributed by atoms with Gasteiger partial charge in [-0.3, -0.25) is 9.69 Å². The molecule has 182 valence electrons. The second-order valence-corrected chi connectivity index (χ2v) is 10.5. The smallest absolute Gasteiger partial charge is 0.187 e. The average molecular weight is 482 g/mol. The second-order valence-electron chi connectivity index (χ2n) is 9.65. The van der Waals surface area contributed by atoms with E-state index in [0.717, 1.165) is 36.0 Å². The zero-order valence-electron chi connectivity index (χ0n) is 20.2. The van der Waals surface area contributed by atoms with Crippen molar-refractivity contribution in [2.75, 3.05) is 32.6 Å². The van der Waals surface area contributed by atoms with Crippen molar-refractivity contribution in [3.63, 3.8) is 0 Å². The Labute approximate surface area is 206 Å². The average Bonchev–Trinajstić information content (AvgIpc) is 2.90. The normalized spacial score (nSPS) is 22.3. The number of aldehydes is 1. The summed E-state index contributed by atoms with van der Waals surface area (Å²) in [6.45, 7) is 3.71. The molecule has 1 aliphatic heterocycles. The van der Waals surface area contributed by atoms with E-state index in [1.54, 1.807) is 11.8 Å². The number of ketones is 1. The summed E-state index contributed by atoms with van der Waals surface area (Å²) in [4.78, 5) is 31.2. The summed E-state index contributed by atoms with van der Waals surface area (Å²) in [6.07, 6.45) is 6.53. The summed E-state index contributed by atoms with van der Waals surface area (Å²) in [5, 5.41) is 12.5. The van der Waals surface area contributed by atoms with Gasteiger partial charge in [-0.25, -0.2) is 0 Å². The van der Waals surface area contributed by atoms with Crippen molar-refractivity contribution < 1.29 is 19.4 Å². The van der Waals surface area contributed by atoms with Crippen LogP contribution in [0.15, 0.2) is 59.5 Å². The number of aliphatic hydroxyl groups is 1. The van der Waals surface area contributed by atoms with Gasteiger partial charge in [0, 0.05) is 23.5 Å². The van der Waals surface area contributed by atoms with E-state index >= 15 is 0 Å². The molecule has 5 nitrogen and oxygen atoms in total. The molecule has 2 unspecified atom stereocenters. The van der Waals surface area contributed by atoms with Crippen LogP contribution in [0.5, 0.6) is 0 Å². The van der Waals surface area contributed by atoms with Crippen molar-refractivity contribution >= 4 is 23.8 Å². The van der Waals surface area contributed by atoms with E-state index in [2.05, 4.69) is 4.90 Å². The van der Waals surface area contributed by atoms with Crippen LogP contribution in [0.3, 0.4) is 0 Å². The van der Waals surface area contributed by atoms with Crippen LogP contribution in [0.25, 0.3) is 0 Å². The molecule has 0 aromatic heterocycles. The van der Waals surface area contributed by atoms with E-state index in [4.69, 9.17) is 4.74 Å². The molecule has 34 heavy (non-hydrogen) atoms. The molecule has 4 rings (SSSR count). The Morgan fingerprint density at radius 3 is 2.21 bits per heavy atom. The molecular formula is C28H35NO4S. The molecule has 0 radical (unpaired) electrons. The quantitative estimate of drug-likeness (QED) is 0.340. The maximum absolute atomic E-state index is 14.8. The van der Waals surface area contributed by atoms with E-state index in [0.29, 0.717) is 44.7 Å². The van der Waals surface area contributed by atoms with Crippen LogP contribution in [0, 0.1) is 0 Å². The van der Waals surface area contributed by atoms with Gasteiger partial charge >= 0.3 is 0 Å². The summed E-state index contributed by atoms with van der Waals surface area (Å²) in [5.74, 6) is -0.190. The maximum atomic E-state index is 14.8. The summed E-state index contributed by atoms with van der Waals surface area (Å²) < 4.78 is 5.66. The highest BCUT2D eigenvalue weighted by atomic mass is 32.2. The predicted octanol–water partition coefficient (Wildman–Crippen LogP) is 4.51. The minimum Gasteiger partial charge on any atom is -0.387 e. The molecule has 2 aliphatic rings. The van der Waals surface area contributed by atoms with E-state index < -0.39 is 16.6 Å². The molecule has 1 aliphatic carbocycles. The first-order chi connectivity index (χ1) is 16.4. The standard InChI is InChI=1S/C28H35NO4S/c1-26(21-30,23-9-5-3-6-10-23)28(29-17-19-33-20-18-29,27(32)15-7-4-8-16-27)25(31)22-11-13-24(34-2)14-12-22/h3,5-6,9-14,21,32H,4,7-8,15-20H2,1-2H3. The Kier molecular flexibility index (Phi) is 7.63. The fourth-order valence-corrected chi connectivity index (χ4v) is 6.60. The monoisotopic (exact) mass is 481 g/mol. The highest BCUT2D eigenvalue weighted by molar-refractivity contribution is 7.98. The summed E-state index contributed by atoms with van der Waals surface area (Å²) in [6, 6.07) is 17.1. The van der Waals surface area contributed by atoms with Crippen molar-refractivity contribution in [2.45, 2.75) is 60.5 Å². The molecule has 0 amide bonds. The fourth-order valence-electron chi connectivity index (χ4n) is 6.19. The van der Waals surface area contributed by atoms with Gasteiger partial charge in [-0.05, 0) is 43.7 Å². The summed E-state index contributed by atoms with van der Waals surface area (Å²) in [7, 11) is 0. The number of rotatable bonds is 8. The number of carbonyl (C=O) groups is 2. The third-order valence-electron chi connectivity index (χ3n) is 7.88. The number of ether oxygens (including phenoxy) is 1. The van der Waals surface area contributed by atoms with Crippen LogP contribution >= 0.6 is 11.8 Å². The third kappa shape index (κ3) is 4.05. The lowest BCUT2D eigenvalue weighted by Crippen LogP contribution is -2.79. The van der Waals surface area contributed by atoms with Gasteiger partial charge in [0.15, 0.2) is 5.78 Å². The minimum atomic E-state index is -1.46. The molecule has 2 fully saturated rings. The second kappa shape index (κ2) is 10.3. The number of carbonyl (C=O) groups excluding carboxylic acids is 2. The van der Waals surface area contributed by atoms with Crippen LogP contribution in [-0.4, -0.2) is 65.8 Å². The van der Waals surface area contributed by atoms with Crippen LogP contribution < -0.4 is 0 Å². The zero-order chi connectivity index (χ0) is 24.2. The lowest BCUT2D eigenvalue weighted by Gasteiger charge is -2.60. The number of benzene rings is 2. The van der Waals surface area contributed by atoms with Crippen molar-refractivity contribution in [3.05, 3.63) is 65.7 Å². The van der Waals surface area contributed by atoms with E-state index in [-0.39, 0.29) is 5.78 Å². The molecule has 2 aromatic carbocycles. The lowest BCUT2D eigenvalue weighted by molar-refractivity contribution is -0.163. The van der Waals surface area contributed by atoms with Crippen LogP contribution in [-0.2, 0) is 14.9 Å². The number of morpholine rings is 1. The van der Waals surface area contributed by atoms with E-state index in [1.165, 1.54) is 0 Å². The van der Waals surface area contributed by atoms with Gasteiger partial charge in [0.25, 0.3) is 0 Å². The molecule has 1 heterocycles. The molecule has 6 heteroatoms. The largest absolute Gasteiger partial charge is 0.387 e. The predicted molar refractivity (Wildman–Crippen MR) is 136 cm³/mol. The first kappa shape index (κ1) is 25.1. The SMILES string of the molecule is CSc1ccc(C(=O)C(N2CCOCC2)(C2(O)CCCCC2)C(C)(C=O)c2ccccc2)cc1. The van der Waals surface area contributed by atoms with Gasteiger partial charge in [0.2, 0.25) is 0 Å². The van der Waals surface area contributed by atoms with E-state index in [1.807, 2.05) is 67.8 Å². The Morgan fingerprint density at radius 1 is 1.03 bits per heavy atom. The molecule has 2 atom stereocenters. The Hall–Kier alpha value is -1.99. The molecule has 0 bridgehead atoms. The third-order valence-corrected chi connectivity index (χ3v) is 8.62. The minimum absolute atomic E-state index is 0.190. The van der Waals surface area contributed by atoms with Crippen molar-refractivity contribution in [1.29, 1.82) is 0 Å². The highest BCUT2D eigenvalue weighted by Gasteiger charge is 2.68. The van der Waals surface area contributed by atoms with E-state index in [9.17, 15) is 14.7 Å². The number of Topliss-reactive ketones (excluding diaryl/α,β-unsaturated/α-hetero) is 1. The van der Waals surface area contributed by atoms with Gasteiger partial charge in [-0.1, -0.05) is 61.7 Å². The fraction of sp³-hybridized carbons (Fsp3) is 0.500. The van der Waals surface area contributed by atoms with Gasteiger partial charge in [-0.2, -0.15) is 0 Å². The molecule has 2 aromatic rings. The molecular weight excluding hydrogens is 446 g/mol. The van der Waals surface area contributed by atoms with Crippen molar-refractivity contribution in [2.24, 2.45) is 0 Å². The van der Waals surface area contributed by atoms with Crippen LogP contribution in [0.1, 0.15) is 54.9 Å². The first-order valence-corrected chi connectivity index (χ1v) is 13.4. The van der Waals surface area contributed by atoms with Crippen molar-refractivity contribution in [3.8, 4) is 0 Å². The first-order valence-electron chi connectivity index (χ1n) is 12.2. The Bertz CT molecular complexity index is 983. The molecule has 1 saturated carbocycles. The van der Waals surface area contributed by atoms with Gasteiger partial charge < -0.3 is 14.6 Å². The number of nitrogens with zero attached hydrogens (tertiary/aromatic N) is 1. The molecule has 1 N–H and O–H groups in total. The highest BCUT2D eigenvalue weighted by Crippen LogP contribution is 2.52. The zero-order valence-corrected chi connectivity index (χ0v) is 21.0. The van der Waals surface area contributed by atoms with Gasteiger partial charge in [0.1, 0.15) is 11.8 Å².